The van der Waals surface area contributed by atoms with Crippen LogP contribution >= 0.6 is 0 Å². The van der Waals surface area contributed by atoms with E-state index in [2.05, 4.69) is 29.4 Å². The molecule has 9 nitrogen and oxygen atoms in total. The highest BCUT2D eigenvalue weighted by Crippen LogP contribution is 2.17. The highest BCUT2D eigenvalue weighted by Gasteiger charge is 2.24. The first-order valence-electron chi connectivity index (χ1n) is 10.5. The number of aromatic nitrogens is 3. The number of amides is 2. The van der Waals surface area contributed by atoms with Crippen molar-refractivity contribution in [1.82, 2.24) is 24.7 Å². The van der Waals surface area contributed by atoms with Crippen molar-refractivity contribution in [2.24, 2.45) is 5.92 Å². The van der Waals surface area contributed by atoms with Crippen LogP contribution in [0.1, 0.15) is 36.6 Å². The molecule has 0 aromatic carbocycles. The van der Waals surface area contributed by atoms with Crippen molar-refractivity contribution in [3.8, 4) is 0 Å². The molecule has 0 bridgehead atoms. The Morgan fingerprint density at radius 2 is 1.87 bits per heavy atom. The van der Waals surface area contributed by atoms with E-state index >= 15 is 0 Å². The molecule has 0 saturated carbocycles. The van der Waals surface area contributed by atoms with E-state index in [-0.39, 0.29) is 18.4 Å². The summed E-state index contributed by atoms with van der Waals surface area (Å²) >= 11 is 0. The van der Waals surface area contributed by atoms with Crippen molar-refractivity contribution in [2.75, 3.05) is 38.0 Å². The molecule has 1 saturated heterocycles. The molecule has 0 radical (unpaired) electrons. The van der Waals surface area contributed by atoms with Gasteiger partial charge >= 0.3 is 0 Å². The largest absolute Gasteiger partial charge is 0.360 e. The molecule has 2 aromatic rings. The van der Waals surface area contributed by atoms with Gasteiger partial charge in [0.2, 0.25) is 11.8 Å². The molecule has 2 aromatic heterocycles. The molecule has 1 N–H and O–H groups in total. The van der Waals surface area contributed by atoms with Gasteiger partial charge in [0.15, 0.2) is 5.82 Å². The topological polar surface area (TPSA) is 96.5 Å². The van der Waals surface area contributed by atoms with Gasteiger partial charge in [0.05, 0.1) is 18.7 Å². The molecule has 1 aliphatic heterocycles. The smallest absolute Gasteiger partial charge is 0.239 e. The Morgan fingerprint density at radius 3 is 2.47 bits per heavy atom. The average molecular weight is 417 g/mol. The molecule has 164 valence electrons. The van der Waals surface area contributed by atoms with Gasteiger partial charge in [-0.2, -0.15) is 5.10 Å². The molecule has 1 fully saturated rings. The molecule has 2 amide bonds. The lowest BCUT2D eigenvalue weighted by Gasteiger charge is -2.34. The molecule has 0 atom stereocenters. The van der Waals surface area contributed by atoms with E-state index < -0.39 is 0 Å². The maximum absolute atomic E-state index is 12.8. The van der Waals surface area contributed by atoms with Crippen LogP contribution < -0.4 is 5.32 Å². The predicted molar refractivity (Wildman–Crippen MR) is 113 cm³/mol. The second kappa shape index (κ2) is 9.42. The summed E-state index contributed by atoms with van der Waals surface area (Å²) in [5.74, 6) is 1.57. The Hall–Kier alpha value is -2.68. The molecule has 1 aliphatic rings. The summed E-state index contributed by atoms with van der Waals surface area (Å²) < 4.78 is 6.96. The minimum absolute atomic E-state index is 0.118. The fourth-order valence-electron chi connectivity index (χ4n) is 3.74. The lowest BCUT2D eigenvalue weighted by atomic mass is 10.1. The van der Waals surface area contributed by atoms with Gasteiger partial charge in [-0.25, -0.2) is 0 Å². The third kappa shape index (κ3) is 5.47. The zero-order chi connectivity index (χ0) is 21.8. The predicted octanol–water partition coefficient (Wildman–Crippen LogP) is 1.78. The molecule has 30 heavy (non-hydrogen) atoms. The molecule has 3 heterocycles. The van der Waals surface area contributed by atoms with Gasteiger partial charge < -0.3 is 14.7 Å². The van der Waals surface area contributed by atoms with Gasteiger partial charge in [-0.15, -0.1) is 0 Å². The molecule has 0 unspecified atom stereocenters. The standard InChI is InChI=1S/C21H32N6O3/c1-14(2)12-27-17(5)18(16(4)23-27)11-21(29)26-8-6-25(7-9-26)13-20(28)22-19-10-15(3)30-24-19/h10,14H,6-9,11-13H2,1-5H3,(H,22,24,28). The van der Waals surface area contributed by atoms with Crippen LogP contribution in [0.15, 0.2) is 10.6 Å². The summed E-state index contributed by atoms with van der Waals surface area (Å²) in [6.07, 6.45) is 0.377. The van der Waals surface area contributed by atoms with Crippen molar-refractivity contribution in [3.63, 3.8) is 0 Å². The van der Waals surface area contributed by atoms with Crippen LogP contribution in [-0.2, 0) is 22.6 Å². The van der Waals surface area contributed by atoms with Crippen LogP contribution in [0.3, 0.4) is 0 Å². The highest BCUT2D eigenvalue weighted by molar-refractivity contribution is 5.91. The van der Waals surface area contributed by atoms with Gasteiger partial charge in [0.25, 0.3) is 0 Å². The zero-order valence-corrected chi connectivity index (χ0v) is 18.6. The molecular weight excluding hydrogens is 384 g/mol. The monoisotopic (exact) mass is 416 g/mol. The number of hydrogen-bond acceptors (Lipinski definition) is 6. The number of aryl methyl sites for hydroxylation is 2. The van der Waals surface area contributed by atoms with Crippen LogP contribution in [0, 0.1) is 26.7 Å². The summed E-state index contributed by atoms with van der Waals surface area (Å²) in [6, 6.07) is 1.68. The number of rotatable bonds is 7. The lowest BCUT2D eigenvalue weighted by Crippen LogP contribution is -2.50. The summed E-state index contributed by atoms with van der Waals surface area (Å²) in [5, 5.41) is 11.1. The van der Waals surface area contributed by atoms with Crippen molar-refractivity contribution in [1.29, 1.82) is 0 Å². The Kier molecular flexibility index (Phi) is 6.91. The van der Waals surface area contributed by atoms with Crippen molar-refractivity contribution < 1.29 is 14.1 Å². The van der Waals surface area contributed by atoms with Gasteiger partial charge in [-0.1, -0.05) is 19.0 Å². The van der Waals surface area contributed by atoms with E-state index in [0.717, 1.165) is 23.5 Å². The second-order valence-corrected chi connectivity index (χ2v) is 8.43. The van der Waals surface area contributed by atoms with Gasteiger partial charge in [0.1, 0.15) is 5.76 Å². The number of anilines is 1. The first kappa shape index (κ1) is 22.0. The molecule has 9 heteroatoms. The van der Waals surface area contributed by atoms with Gasteiger partial charge in [0, 0.05) is 50.0 Å². The van der Waals surface area contributed by atoms with E-state index in [1.807, 2.05) is 28.3 Å². The number of piperazine rings is 1. The summed E-state index contributed by atoms with van der Waals surface area (Å²) in [6.45, 7) is 13.8. The first-order valence-corrected chi connectivity index (χ1v) is 10.5. The van der Waals surface area contributed by atoms with Crippen molar-refractivity contribution >= 4 is 17.6 Å². The van der Waals surface area contributed by atoms with Crippen LogP contribution in [0.4, 0.5) is 5.82 Å². The quantitative estimate of drug-likeness (QED) is 0.739. The van der Waals surface area contributed by atoms with Crippen LogP contribution in [0.25, 0.3) is 0 Å². The van der Waals surface area contributed by atoms with E-state index in [0.29, 0.717) is 50.1 Å². The normalized spacial score (nSPS) is 15.1. The molecule has 3 rings (SSSR count). The third-order valence-corrected chi connectivity index (χ3v) is 5.39. The van der Waals surface area contributed by atoms with Crippen molar-refractivity contribution in [3.05, 3.63) is 28.8 Å². The Labute approximate surface area is 177 Å². The SMILES string of the molecule is Cc1cc(NC(=O)CN2CCN(C(=O)Cc3c(C)nn(CC(C)C)c3C)CC2)no1. The fraction of sp³-hybridized carbons (Fsp3) is 0.619. The fourth-order valence-corrected chi connectivity index (χ4v) is 3.74. The van der Waals surface area contributed by atoms with E-state index in [9.17, 15) is 9.59 Å². The Morgan fingerprint density at radius 1 is 1.17 bits per heavy atom. The van der Waals surface area contributed by atoms with Gasteiger partial charge in [-0.05, 0) is 26.7 Å². The first-order chi connectivity index (χ1) is 14.2. The number of nitrogens with zero attached hydrogens (tertiary/aromatic N) is 5. The number of hydrogen-bond donors (Lipinski definition) is 1. The minimum atomic E-state index is -0.133. The maximum Gasteiger partial charge on any atom is 0.239 e. The average Bonchev–Trinajstić information content (AvgIpc) is 3.19. The van der Waals surface area contributed by atoms with E-state index in [1.165, 1.54) is 0 Å². The van der Waals surface area contributed by atoms with Crippen molar-refractivity contribution in [2.45, 2.75) is 47.6 Å². The lowest BCUT2D eigenvalue weighted by molar-refractivity contribution is -0.132. The molecule has 0 aliphatic carbocycles. The summed E-state index contributed by atoms with van der Waals surface area (Å²) in [5.41, 5.74) is 3.04. The van der Waals surface area contributed by atoms with Crippen LogP contribution in [0.5, 0.6) is 0 Å². The van der Waals surface area contributed by atoms with Gasteiger partial charge in [-0.3, -0.25) is 19.2 Å². The number of carbonyl (C=O) groups excluding carboxylic acids is 2. The van der Waals surface area contributed by atoms with Crippen LogP contribution in [0.2, 0.25) is 0 Å². The summed E-state index contributed by atoms with van der Waals surface area (Å²) in [7, 11) is 0. The highest BCUT2D eigenvalue weighted by atomic mass is 16.5. The molecule has 0 spiro atoms. The third-order valence-electron chi connectivity index (χ3n) is 5.39. The number of nitrogens with one attached hydrogen (secondary N) is 1. The van der Waals surface area contributed by atoms with E-state index in [1.54, 1.807) is 13.0 Å². The van der Waals surface area contributed by atoms with E-state index in [4.69, 9.17) is 4.52 Å². The second-order valence-electron chi connectivity index (χ2n) is 8.43. The number of carbonyl (C=O) groups is 2. The maximum atomic E-state index is 12.8. The Bertz CT molecular complexity index is 893. The Balaban J connectivity index is 1.48. The molecular formula is C21H32N6O3. The van der Waals surface area contributed by atoms with Crippen LogP contribution in [-0.4, -0.2) is 69.3 Å². The zero-order valence-electron chi connectivity index (χ0n) is 18.6. The summed E-state index contributed by atoms with van der Waals surface area (Å²) in [4.78, 5) is 29.0. The minimum Gasteiger partial charge on any atom is -0.360 e.